The molecule has 1 N–H and O–H groups in total. The minimum Gasteiger partial charge on any atom is -0.497 e. The Hall–Kier alpha value is -2.64. The summed E-state index contributed by atoms with van der Waals surface area (Å²) in [6, 6.07) is 12.6. The van der Waals surface area contributed by atoms with Gasteiger partial charge in [-0.3, -0.25) is 9.00 Å². The van der Waals surface area contributed by atoms with E-state index in [0.29, 0.717) is 34.5 Å². The van der Waals surface area contributed by atoms with Crippen molar-refractivity contribution in [3.8, 4) is 17.1 Å². The third-order valence-corrected chi connectivity index (χ3v) is 5.27. The van der Waals surface area contributed by atoms with E-state index in [2.05, 4.69) is 10.3 Å². The summed E-state index contributed by atoms with van der Waals surface area (Å²) in [6.07, 6.45) is 3.85. The van der Waals surface area contributed by atoms with Crippen LogP contribution in [-0.4, -0.2) is 28.5 Å². The summed E-state index contributed by atoms with van der Waals surface area (Å²) >= 11 is 6.11. The summed E-state index contributed by atoms with van der Waals surface area (Å²) in [5.74, 6) is 2.07. The van der Waals surface area contributed by atoms with Gasteiger partial charge in [-0.25, -0.2) is 4.98 Å². The maximum absolute atomic E-state index is 12.3. The van der Waals surface area contributed by atoms with E-state index in [-0.39, 0.29) is 12.3 Å². The molecule has 0 aliphatic heterocycles. The first kappa shape index (κ1) is 21.1. The van der Waals surface area contributed by atoms with E-state index in [9.17, 15) is 9.00 Å². The number of anilines is 1. The highest BCUT2D eigenvalue weighted by molar-refractivity contribution is 7.83. The van der Waals surface area contributed by atoms with Crippen LogP contribution in [0.5, 0.6) is 5.75 Å². The largest absolute Gasteiger partial charge is 0.497 e. The standard InChI is InChI=1S/C21H21ClN2O4S/c1-27-17-6-3-14(4-7-17)19-12-23-21(28-19)10-9-20(25)24-16-5-8-18(22)15(11-16)13-29(2)26/h3-8,11-12H,9-10,13H2,1-2H3,(H,24,25). The highest BCUT2D eigenvalue weighted by atomic mass is 35.5. The third-order valence-electron chi connectivity index (χ3n) is 4.18. The normalized spacial score (nSPS) is 11.8. The number of nitrogens with one attached hydrogen (secondary N) is 1. The van der Waals surface area contributed by atoms with Gasteiger partial charge in [-0.1, -0.05) is 11.6 Å². The topological polar surface area (TPSA) is 81.4 Å². The van der Waals surface area contributed by atoms with Crippen molar-refractivity contribution >= 4 is 34.0 Å². The van der Waals surface area contributed by atoms with Crippen LogP contribution in [0, 0.1) is 0 Å². The summed E-state index contributed by atoms with van der Waals surface area (Å²) < 4.78 is 22.3. The van der Waals surface area contributed by atoms with E-state index in [0.717, 1.165) is 16.9 Å². The van der Waals surface area contributed by atoms with Crippen LogP contribution in [-0.2, 0) is 27.8 Å². The van der Waals surface area contributed by atoms with Crippen LogP contribution in [0.15, 0.2) is 53.1 Å². The second kappa shape index (κ2) is 9.71. The molecule has 0 aliphatic carbocycles. The van der Waals surface area contributed by atoms with Crippen molar-refractivity contribution in [2.24, 2.45) is 0 Å². The molecule has 1 amide bonds. The lowest BCUT2D eigenvalue weighted by Gasteiger charge is -2.08. The van der Waals surface area contributed by atoms with E-state index in [1.807, 2.05) is 24.3 Å². The first-order chi connectivity index (χ1) is 13.9. The Labute approximate surface area is 176 Å². The molecule has 1 aromatic heterocycles. The Morgan fingerprint density at radius 3 is 2.69 bits per heavy atom. The number of aromatic nitrogens is 1. The molecule has 0 fully saturated rings. The highest BCUT2D eigenvalue weighted by Gasteiger charge is 2.11. The molecule has 0 saturated carbocycles. The average molecular weight is 433 g/mol. The zero-order valence-electron chi connectivity index (χ0n) is 16.1. The number of benzene rings is 2. The van der Waals surface area contributed by atoms with Crippen LogP contribution in [0.1, 0.15) is 17.9 Å². The van der Waals surface area contributed by atoms with Crippen LogP contribution >= 0.6 is 11.6 Å². The molecule has 1 atom stereocenters. The zero-order valence-corrected chi connectivity index (χ0v) is 17.7. The number of amides is 1. The number of rotatable bonds is 8. The summed E-state index contributed by atoms with van der Waals surface area (Å²) in [7, 11) is 0.597. The fourth-order valence-corrected chi connectivity index (χ4v) is 3.68. The van der Waals surface area contributed by atoms with E-state index in [4.69, 9.17) is 20.8 Å². The number of hydrogen-bond acceptors (Lipinski definition) is 5. The lowest BCUT2D eigenvalue weighted by molar-refractivity contribution is -0.116. The van der Waals surface area contributed by atoms with Crippen molar-refractivity contribution in [3.63, 3.8) is 0 Å². The molecule has 1 heterocycles. The SMILES string of the molecule is COc1ccc(-c2cnc(CCC(=O)Nc3ccc(Cl)c(CS(C)=O)c3)o2)cc1. The number of hydrogen-bond donors (Lipinski definition) is 1. The molecule has 3 rings (SSSR count). The summed E-state index contributed by atoms with van der Waals surface area (Å²) in [6.45, 7) is 0. The van der Waals surface area contributed by atoms with Crippen LogP contribution in [0.25, 0.3) is 11.3 Å². The van der Waals surface area contributed by atoms with Gasteiger partial charge in [0.15, 0.2) is 11.7 Å². The number of oxazole rings is 1. The molecule has 0 aliphatic rings. The predicted molar refractivity (Wildman–Crippen MR) is 115 cm³/mol. The molecule has 3 aromatic rings. The van der Waals surface area contributed by atoms with E-state index in [1.54, 1.807) is 37.8 Å². The molecule has 29 heavy (non-hydrogen) atoms. The van der Waals surface area contributed by atoms with Gasteiger partial charge >= 0.3 is 0 Å². The Bertz CT molecular complexity index is 1020. The number of ether oxygens (including phenoxy) is 1. The third kappa shape index (κ3) is 5.92. The quantitative estimate of drug-likeness (QED) is 0.568. The van der Waals surface area contributed by atoms with Gasteiger partial charge < -0.3 is 14.5 Å². The Morgan fingerprint density at radius 1 is 1.24 bits per heavy atom. The lowest BCUT2D eigenvalue weighted by Crippen LogP contribution is -2.12. The second-order valence-corrected chi connectivity index (χ2v) is 8.26. The molecule has 2 aromatic carbocycles. The zero-order chi connectivity index (χ0) is 20.8. The molecule has 0 spiro atoms. The number of carbonyl (C=O) groups excluding carboxylic acids is 1. The molecule has 0 saturated heterocycles. The van der Waals surface area contributed by atoms with E-state index < -0.39 is 10.8 Å². The monoisotopic (exact) mass is 432 g/mol. The van der Waals surface area contributed by atoms with Gasteiger partial charge in [0.05, 0.1) is 13.3 Å². The van der Waals surface area contributed by atoms with Crippen molar-refractivity contribution in [2.45, 2.75) is 18.6 Å². The Balaban J connectivity index is 1.57. The Kier molecular flexibility index (Phi) is 7.06. The van der Waals surface area contributed by atoms with Crippen LogP contribution in [0.4, 0.5) is 5.69 Å². The van der Waals surface area contributed by atoms with Crippen LogP contribution in [0.3, 0.4) is 0 Å². The average Bonchev–Trinajstić information content (AvgIpc) is 3.18. The van der Waals surface area contributed by atoms with Gasteiger partial charge in [0, 0.05) is 51.9 Å². The van der Waals surface area contributed by atoms with Gasteiger partial charge in [0.1, 0.15) is 5.75 Å². The van der Waals surface area contributed by atoms with Gasteiger partial charge in [0.2, 0.25) is 5.91 Å². The first-order valence-corrected chi connectivity index (χ1v) is 11.0. The molecular weight excluding hydrogens is 412 g/mol. The predicted octanol–water partition coefficient (Wildman–Crippen LogP) is 4.45. The molecule has 8 heteroatoms. The van der Waals surface area contributed by atoms with Gasteiger partial charge in [-0.05, 0) is 48.0 Å². The van der Waals surface area contributed by atoms with Crippen molar-refractivity contribution in [3.05, 3.63) is 65.1 Å². The first-order valence-electron chi connectivity index (χ1n) is 8.92. The van der Waals surface area contributed by atoms with Crippen molar-refractivity contribution in [2.75, 3.05) is 18.7 Å². The molecule has 6 nitrogen and oxygen atoms in total. The molecule has 152 valence electrons. The maximum atomic E-state index is 12.3. The summed E-state index contributed by atoms with van der Waals surface area (Å²) in [5, 5.41) is 3.36. The van der Waals surface area contributed by atoms with E-state index >= 15 is 0 Å². The van der Waals surface area contributed by atoms with Crippen LogP contribution in [0.2, 0.25) is 5.02 Å². The highest BCUT2D eigenvalue weighted by Crippen LogP contribution is 2.24. The van der Waals surface area contributed by atoms with Crippen molar-refractivity contribution < 1.29 is 18.2 Å². The molecule has 0 radical (unpaired) electrons. The van der Waals surface area contributed by atoms with Gasteiger partial charge in [-0.15, -0.1) is 0 Å². The second-order valence-electron chi connectivity index (χ2n) is 6.42. The minimum absolute atomic E-state index is 0.167. The fourth-order valence-electron chi connectivity index (χ4n) is 2.74. The minimum atomic E-state index is -1.02. The molecule has 0 bridgehead atoms. The fraction of sp³-hybridized carbons (Fsp3) is 0.238. The number of aryl methyl sites for hydroxylation is 1. The molecule has 1 unspecified atom stereocenters. The van der Waals surface area contributed by atoms with Crippen molar-refractivity contribution in [1.29, 1.82) is 0 Å². The maximum Gasteiger partial charge on any atom is 0.224 e. The number of carbonyl (C=O) groups is 1. The van der Waals surface area contributed by atoms with E-state index in [1.165, 1.54) is 0 Å². The number of halogens is 1. The lowest BCUT2D eigenvalue weighted by atomic mass is 10.2. The van der Waals surface area contributed by atoms with Crippen LogP contribution < -0.4 is 10.1 Å². The smallest absolute Gasteiger partial charge is 0.224 e. The number of nitrogens with zero attached hydrogens (tertiary/aromatic N) is 1. The number of methoxy groups -OCH3 is 1. The van der Waals surface area contributed by atoms with Gasteiger partial charge in [-0.2, -0.15) is 0 Å². The van der Waals surface area contributed by atoms with Gasteiger partial charge in [0.25, 0.3) is 0 Å². The summed E-state index contributed by atoms with van der Waals surface area (Å²) in [4.78, 5) is 16.5. The summed E-state index contributed by atoms with van der Waals surface area (Å²) in [5.41, 5.74) is 2.24. The van der Waals surface area contributed by atoms with Crippen molar-refractivity contribution in [1.82, 2.24) is 4.98 Å². The molecular formula is C21H21ClN2O4S. The Morgan fingerprint density at radius 2 is 2.00 bits per heavy atom.